The van der Waals surface area contributed by atoms with Gasteiger partial charge in [-0.25, -0.2) is 0 Å². The number of nitrogens with one attached hydrogen (secondary N) is 1. The van der Waals surface area contributed by atoms with Crippen molar-refractivity contribution >= 4 is 35.1 Å². The molecule has 8 heteroatoms. The average molecular weight is 423 g/mol. The molecule has 0 radical (unpaired) electrons. The van der Waals surface area contributed by atoms with Gasteiger partial charge in [0.2, 0.25) is 5.91 Å². The van der Waals surface area contributed by atoms with Crippen LogP contribution in [0.3, 0.4) is 0 Å². The molecule has 1 saturated heterocycles. The third-order valence-corrected chi connectivity index (χ3v) is 6.07. The molecule has 1 aromatic carbocycles. The lowest BCUT2D eigenvalue weighted by atomic mass is 10.1. The summed E-state index contributed by atoms with van der Waals surface area (Å²) in [6.45, 7) is 3.70. The number of benzene rings is 1. The third-order valence-electron chi connectivity index (χ3n) is 5.66. The molecule has 0 spiro atoms. The molecule has 1 aliphatic heterocycles. The van der Waals surface area contributed by atoms with E-state index in [-0.39, 0.29) is 18.4 Å². The van der Waals surface area contributed by atoms with Crippen molar-refractivity contribution in [3.05, 3.63) is 22.7 Å². The number of carbonyl (C=O) groups is 3. The minimum absolute atomic E-state index is 0.00247. The number of hydrogen-bond acceptors (Lipinski definition) is 5. The zero-order valence-corrected chi connectivity index (χ0v) is 17.8. The fourth-order valence-electron chi connectivity index (χ4n) is 3.95. The lowest BCUT2D eigenvalue weighted by molar-refractivity contribution is -0.157. The lowest BCUT2D eigenvalue weighted by Gasteiger charge is -2.24. The van der Waals surface area contributed by atoms with Gasteiger partial charge >= 0.3 is 5.97 Å². The molecule has 29 heavy (non-hydrogen) atoms. The van der Waals surface area contributed by atoms with E-state index < -0.39 is 23.9 Å². The summed E-state index contributed by atoms with van der Waals surface area (Å²) in [5.41, 5.74) is 1.23. The summed E-state index contributed by atoms with van der Waals surface area (Å²) in [6, 6.07) is 3.55. The van der Waals surface area contributed by atoms with Gasteiger partial charge in [-0.3, -0.25) is 14.4 Å². The first kappa shape index (κ1) is 21.4. The summed E-state index contributed by atoms with van der Waals surface area (Å²) < 4.78 is 10.6. The number of halogens is 1. The second kappa shape index (κ2) is 9.03. The number of carbonyl (C=O) groups excluding carboxylic acids is 3. The molecule has 2 aliphatic rings. The first-order valence-electron chi connectivity index (χ1n) is 9.95. The van der Waals surface area contributed by atoms with Crippen molar-refractivity contribution in [2.75, 3.05) is 19.0 Å². The summed E-state index contributed by atoms with van der Waals surface area (Å²) in [6.07, 6.45) is 3.37. The summed E-state index contributed by atoms with van der Waals surface area (Å²) in [5.74, 6) is -1.10. The first-order chi connectivity index (χ1) is 13.8. The van der Waals surface area contributed by atoms with Gasteiger partial charge in [-0.05, 0) is 38.3 Å². The van der Waals surface area contributed by atoms with Crippen LogP contribution in [0.2, 0.25) is 5.02 Å². The topological polar surface area (TPSA) is 84.9 Å². The maximum Gasteiger partial charge on any atom is 0.312 e. The van der Waals surface area contributed by atoms with Crippen LogP contribution in [0.25, 0.3) is 0 Å². The maximum absolute atomic E-state index is 12.5. The second-order valence-corrected chi connectivity index (χ2v) is 8.16. The molecular formula is C21H27ClN2O5. The Morgan fingerprint density at radius 2 is 1.97 bits per heavy atom. The van der Waals surface area contributed by atoms with Crippen molar-refractivity contribution in [3.8, 4) is 5.75 Å². The fourth-order valence-corrected chi connectivity index (χ4v) is 4.10. The highest BCUT2D eigenvalue weighted by atomic mass is 35.5. The van der Waals surface area contributed by atoms with Gasteiger partial charge in [-0.2, -0.15) is 0 Å². The van der Waals surface area contributed by atoms with E-state index in [4.69, 9.17) is 21.1 Å². The maximum atomic E-state index is 12.5. The predicted molar refractivity (Wildman–Crippen MR) is 109 cm³/mol. The van der Waals surface area contributed by atoms with Crippen LogP contribution < -0.4 is 10.1 Å². The van der Waals surface area contributed by atoms with Crippen molar-refractivity contribution in [1.82, 2.24) is 4.90 Å². The van der Waals surface area contributed by atoms with Crippen LogP contribution in [0.5, 0.6) is 5.75 Å². The Balaban J connectivity index is 1.58. The molecule has 0 unspecified atom stereocenters. The number of rotatable bonds is 6. The van der Waals surface area contributed by atoms with Crippen LogP contribution in [-0.2, 0) is 19.1 Å². The van der Waals surface area contributed by atoms with Gasteiger partial charge in [0.15, 0.2) is 6.10 Å². The van der Waals surface area contributed by atoms with Gasteiger partial charge in [0.25, 0.3) is 5.91 Å². The number of anilines is 1. The number of aryl methyl sites for hydroxylation is 1. The molecular weight excluding hydrogens is 396 g/mol. The molecule has 158 valence electrons. The number of amides is 2. The Hall–Kier alpha value is -2.28. The summed E-state index contributed by atoms with van der Waals surface area (Å²) in [7, 11) is 1.48. The van der Waals surface area contributed by atoms with E-state index in [1.54, 1.807) is 12.1 Å². The fraction of sp³-hybridized carbons (Fsp3) is 0.571. The van der Waals surface area contributed by atoms with E-state index in [0.717, 1.165) is 31.2 Å². The Morgan fingerprint density at radius 3 is 2.62 bits per heavy atom. The number of hydrogen-bond donors (Lipinski definition) is 1. The monoisotopic (exact) mass is 422 g/mol. The molecule has 1 heterocycles. The molecule has 2 fully saturated rings. The molecule has 0 aromatic heterocycles. The van der Waals surface area contributed by atoms with Crippen LogP contribution in [0.1, 0.15) is 44.6 Å². The zero-order valence-electron chi connectivity index (χ0n) is 17.0. The van der Waals surface area contributed by atoms with E-state index in [2.05, 4.69) is 5.32 Å². The molecule has 1 N–H and O–H groups in total. The Bertz CT molecular complexity index is 807. The Kier molecular flexibility index (Phi) is 6.67. The quantitative estimate of drug-likeness (QED) is 0.711. The van der Waals surface area contributed by atoms with Crippen molar-refractivity contribution < 1.29 is 23.9 Å². The minimum atomic E-state index is -1.00. The van der Waals surface area contributed by atoms with E-state index in [1.807, 2.05) is 11.8 Å². The highest BCUT2D eigenvalue weighted by Gasteiger charge is 2.40. The van der Waals surface area contributed by atoms with E-state index in [1.165, 1.54) is 14.0 Å². The largest absolute Gasteiger partial charge is 0.495 e. The van der Waals surface area contributed by atoms with Crippen molar-refractivity contribution in [3.63, 3.8) is 0 Å². The molecule has 2 amide bonds. The van der Waals surface area contributed by atoms with Gasteiger partial charge in [0.1, 0.15) is 5.75 Å². The van der Waals surface area contributed by atoms with Gasteiger partial charge < -0.3 is 19.7 Å². The van der Waals surface area contributed by atoms with Crippen molar-refractivity contribution in [2.45, 2.75) is 58.1 Å². The first-order valence-corrected chi connectivity index (χ1v) is 10.3. The van der Waals surface area contributed by atoms with E-state index >= 15 is 0 Å². The lowest BCUT2D eigenvalue weighted by Crippen LogP contribution is -2.36. The van der Waals surface area contributed by atoms with Gasteiger partial charge in [-0.1, -0.05) is 24.4 Å². The molecule has 0 bridgehead atoms. The number of esters is 1. The van der Waals surface area contributed by atoms with Crippen LogP contribution >= 0.6 is 11.6 Å². The number of nitrogens with zero attached hydrogens (tertiary/aromatic N) is 1. The normalized spacial score (nSPS) is 20.6. The van der Waals surface area contributed by atoms with Crippen LogP contribution in [0.15, 0.2) is 12.1 Å². The standard InChI is InChI=1S/C21H27ClN2O5/c1-12-8-17(18(28-3)10-16(12)22)23-20(26)13(2)29-21(27)14-9-19(25)24(11-14)15-6-4-5-7-15/h8,10,13-15H,4-7,9,11H2,1-3H3,(H,23,26)/t13-,14+/m0/s1. The molecule has 7 nitrogen and oxygen atoms in total. The second-order valence-electron chi connectivity index (χ2n) is 7.76. The molecule has 1 aliphatic carbocycles. The highest BCUT2D eigenvalue weighted by molar-refractivity contribution is 6.31. The van der Waals surface area contributed by atoms with E-state index in [9.17, 15) is 14.4 Å². The average Bonchev–Trinajstić information content (AvgIpc) is 3.33. The molecule has 1 aromatic rings. The van der Waals surface area contributed by atoms with Gasteiger partial charge in [0.05, 0.1) is 18.7 Å². The number of likely N-dealkylation sites (tertiary alicyclic amines) is 1. The molecule has 1 saturated carbocycles. The van der Waals surface area contributed by atoms with Gasteiger partial charge in [-0.15, -0.1) is 0 Å². The molecule has 2 atom stereocenters. The van der Waals surface area contributed by atoms with Crippen LogP contribution in [0.4, 0.5) is 5.69 Å². The Labute approximate surface area is 175 Å². The molecule has 3 rings (SSSR count). The summed E-state index contributed by atoms with van der Waals surface area (Å²) in [4.78, 5) is 39.1. The van der Waals surface area contributed by atoms with Crippen LogP contribution in [0, 0.1) is 12.8 Å². The van der Waals surface area contributed by atoms with Gasteiger partial charge in [0, 0.05) is 30.1 Å². The Morgan fingerprint density at radius 1 is 1.28 bits per heavy atom. The van der Waals surface area contributed by atoms with Crippen molar-refractivity contribution in [1.29, 1.82) is 0 Å². The third kappa shape index (κ3) is 4.83. The van der Waals surface area contributed by atoms with Crippen molar-refractivity contribution in [2.24, 2.45) is 5.92 Å². The highest BCUT2D eigenvalue weighted by Crippen LogP contribution is 2.32. The number of ether oxygens (including phenoxy) is 2. The predicted octanol–water partition coefficient (Wildman–Crippen LogP) is 3.32. The summed E-state index contributed by atoms with van der Waals surface area (Å²) >= 11 is 6.08. The van der Waals surface area contributed by atoms with Crippen LogP contribution in [-0.4, -0.2) is 48.5 Å². The minimum Gasteiger partial charge on any atom is -0.495 e. The summed E-state index contributed by atoms with van der Waals surface area (Å²) in [5, 5.41) is 3.24. The van der Waals surface area contributed by atoms with E-state index in [0.29, 0.717) is 23.0 Å². The smallest absolute Gasteiger partial charge is 0.312 e. The SMILES string of the molecule is COc1cc(Cl)c(C)cc1NC(=O)[C@H](C)OC(=O)[C@@H]1CC(=O)N(C2CCCC2)C1. The number of methoxy groups -OCH3 is 1. The zero-order chi connectivity index (χ0) is 21.1.